The Morgan fingerprint density at radius 1 is 1.58 bits per heavy atom. The molecular formula is C14H23N3O2. The van der Waals surface area contributed by atoms with E-state index in [1.54, 1.807) is 13.1 Å². The molecule has 5 nitrogen and oxygen atoms in total. The highest BCUT2D eigenvalue weighted by molar-refractivity contribution is 5.78. The number of imidazole rings is 1. The third-order valence-corrected chi connectivity index (χ3v) is 3.82. The smallest absolute Gasteiger partial charge is 0.323 e. The average molecular weight is 265 g/mol. The van der Waals surface area contributed by atoms with Gasteiger partial charge in [0.1, 0.15) is 11.4 Å². The lowest BCUT2D eigenvalue weighted by Crippen LogP contribution is -2.50. The summed E-state index contributed by atoms with van der Waals surface area (Å²) in [4.78, 5) is 15.6. The van der Waals surface area contributed by atoms with Gasteiger partial charge in [-0.15, -0.1) is 0 Å². The molecule has 0 spiro atoms. The van der Waals surface area contributed by atoms with E-state index in [-0.39, 0.29) is 0 Å². The van der Waals surface area contributed by atoms with Gasteiger partial charge in [-0.25, -0.2) is 4.98 Å². The molecule has 1 aliphatic carbocycles. The van der Waals surface area contributed by atoms with Crippen molar-refractivity contribution in [3.63, 3.8) is 0 Å². The summed E-state index contributed by atoms with van der Waals surface area (Å²) >= 11 is 0. The number of hydrogen-bond donors (Lipinski definition) is 2. The largest absolute Gasteiger partial charge is 0.480 e. The van der Waals surface area contributed by atoms with E-state index in [0.717, 1.165) is 38.1 Å². The van der Waals surface area contributed by atoms with E-state index in [1.165, 1.54) is 0 Å². The van der Waals surface area contributed by atoms with Gasteiger partial charge in [0, 0.05) is 25.0 Å². The highest BCUT2D eigenvalue weighted by atomic mass is 16.4. The quantitative estimate of drug-likeness (QED) is 0.705. The molecule has 0 saturated heterocycles. The zero-order valence-electron chi connectivity index (χ0n) is 11.7. The lowest BCUT2D eigenvalue weighted by Gasteiger charge is -2.26. The first-order valence-corrected chi connectivity index (χ1v) is 7.00. The minimum absolute atomic E-state index is 0.414. The third-order valence-electron chi connectivity index (χ3n) is 3.82. The van der Waals surface area contributed by atoms with Gasteiger partial charge in [0.25, 0.3) is 0 Å². The SMILES string of the molecule is Cc1nccn1CCCCC(C)(NC1CC1)C(=O)O. The molecule has 1 fully saturated rings. The van der Waals surface area contributed by atoms with Crippen LogP contribution in [0.5, 0.6) is 0 Å². The second-order valence-electron chi connectivity index (χ2n) is 5.68. The van der Waals surface area contributed by atoms with E-state index >= 15 is 0 Å². The fraction of sp³-hybridized carbons (Fsp3) is 0.714. The van der Waals surface area contributed by atoms with Gasteiger partial charge >= 0.3 is 5.97 Å². The molecule has 19 heavy (non-hydrogen) atoms. The topological polar surface area (TPSA) is 67.2 Å². The molecule has 1 unspecified atom stereocenters. The molecule has 5 heteroatoms. The molecule has 1 heterocycles. The number of unbranched alkanes of at least 4 members (excludes halogenated alkanes) is 1. The predicted octanol–water partition coefficient (Wildman–Crippen LogP) is 1.96. The molecule has 2 N–H and O–H groups in total. The van der Waals surface area contributed by atoms with E-state index in [2.05, 4.69) is 14.9 Å². The minimum Gasteiger partial charge on any atom is -0.480 e. The van der Waals surface area contributed by atoms with Crippen molar-refractivity contribution in [2.45, 2.75) is 64.1 Å². The number of carbonyl (C=O) groups is 1. The summed E-state index contributed by atoms with van der Waals surface area (Å²) < 4.78 is 2.10. The van der Waals surface area contributed by atoms with Gasteiger partial charge < -0.3 is 9.67 Å². The Balaban J connectivity index is 1.76. The van der Waals surface area contributed by atoms with Gasteiger partial charge in [-0.05, 0) is 46.0 Å². The number of nitrogens with one attached hydrogen (secondary N) is 1. The summed E-state index contributed by atoms with van der Waals surface area (Å²) in [6, 6.07) is 0.414. The fourth-order valence-corrected chi connectivity index (χ4v) is 2.32. The highest BCUT2D eigenvalue weighted by Crippen LogP contribution is 2.25. The van der Waals surface area contributed by atoms with Crippen molar-refractivity contribution < 1.29 is 9.90 Å². The monoisotopic (exact) mass is 265 g/mol. The van der Waals surface area contributed by atoms with Gasteiger partial charge in [0.15, 0.2) is 0 Å². The Bertz CT molecular complexity index is 440. The molecule has 0 aromatic carbocycles. The second-order valence-corrected chi connectivity index (χ2v) is 5.68. The molecule has 0 aliphatic heterocycles. The molecule has 0 bridgehead atoms. The summed E-state index contributed by atoms with van der Waals surface area (Å²) in [5.41, 5.74) is -0.773. The Morgan fingerprint density at radius 3 is 2.84 bits per heavy atom. The third kappa shape index (κ3) is 3.80. The number of aliphatic carboxylic acids is 1. The molecule has 2 rings (SSSR count). The molecule has 1 atom stereocenters. The molecule has 106 valence electrons. The van der Waals surface area contributed by atoms with Gasteiger partial charge in [-0.3, -0.25) is 10.1 Å². The fourth-order valence-electron chi connectivity index (χ4n) is 2.32. The van der Waals surface area contributed by atoms with E-state index in [0.29, 0.717) is 12.5 Å². The predicted molar refractivity (Wildman–Crippen MR) is 73.0 cm³/mol. The number of aryl methyl sites for hydroxylation is 2. The zero-order valence-corrected chi connectivity index (χ0v) is 11.7. The van der Waals surface area contributed by atoms with Gasteiger partial charge in [-0.1, -0.05) is 0 Å². The molecule has 0 amide bonds. The van der Waals surface area contributed by atoms with Crippen molar-refractivity contribution in [2.75, 3.05) is 0 Å². The summed E-state index contributed by atoms with van der Waals surface area (Å²) in [5.74, 6) is 0.273. The average Bonchev–Trinajstić information content (AvgIpc) is 3.06. The molecule has 1 aromatic heterocycles. The van der Waals surface area contributed by atoms with E-state index < -0.39 is 11.5 Å². The first-order valence-electron chi connectivity index (χ1n) is 7.00. The Labute approximate surface area is 114 Å². The normalized spacial score (nSPS) is 18.2. The number of carboxylic acids is 1. The van der Waals surface area contributed by atoms with Crippen LogP contribution in [0.25, 0.3) is 0 Å². The summed E-state index contributed by atoms with van der Waals surface area (Å²) in [6.07, 6.45) is 8.53. The van der Waals surface area contributed by atoms with Crippen molar-refractivity contribution >= 4 is 5.97 Å². The molecule has 0 radical (unpaired) electrons. The summed E-state index contributed by atoms with van der Waals surface area (Å²) in [5, 5.41) is 12.6. The zero-order chi connectivity index (χ0) is 13.9. The van der Waals surface area contributed by atoms with Crippen molar-refractivity contribution in [1.82, 2.24) is 14.9 Å². The van der Waals surface area contributed by atoms with Crippen LogP contribution in [0.15, 0.2) is 12.4 Å². The number of aromatic nitrogens is 2. The lowest BCUT2D eigenvalue weighted by atomic mass is 9.94. The second kappa shape index (κ2) is 5.74. The van der Waals surface area contributed by atoms with Crippen LogP contribution < -0.4 is 5.32 Å². The van der Waals surface area contributed by atoms with E-state index in [9.17, 15) is 9.90 Å². The van der Waals surface area contributed by atoms with Crippen LogP contribution >= 0.6 is 0 Å². The maximum absolute atomic E-state index is 11.4. The summed E-state index contributed by atoms with van der Waals surface area (Å²) in [6.45, 7) is 4.69. The van der Waals surface area contributed by atoms with Gasteiger partial charge in [-0.2, -0.15) is 0 Å². The molecule has 1 saturated carbocycles. The first kappa shape index (κ1) is 14.1. The maximum Gasteiger partial charge on any atom is 0.323 e. The van der Waals surface area contributed by atoms with Gasteiger partial charge in [0.05, 0.1) is 0 Å². The maximum atomic E-state index is 11.4. The van der Waals surface area contributed by atoms with Crippen LogP contribution in [-0.2, 0) is 11.3 Å². The van der Waals surface area contributed by atoms with Crippen LogP contribution in [0.2, 0.25) is 0 Å². The minimum atomic E-state index is -0.773. The molecular weight excluding hydrogens is 242 g/mol. The molecule has 1 aliphatic rings. The first-order chi connectivity index (χ1) is 9.01. The number of hydrogen-bond acceptors (Lipinski definition) is 3. The van der Waals surface area contributed by atoms with Crippen LogP contribution in [0.1, 0.15) is 44.9 Å². The number of nitrogens with zero attached hydrogens (tertiary/aromatic N) is 2. The van der Waals surface area contributed by atoms with Gasteiger partial charge in [0.2, 0.25) is 0 Å². The van der Waals surface area contributed by atoms with Crippen LogP contribution in [-0.4, -0.2) is 32.2 Å². The summed E-state index contributed by atoms with van der Waals surface area (Å²) in [7, 11) is 0. The van der Waals surface area contributed by atoms with Crippen LogP contribution in [0.3, 0.4) is 0 Å². The highest BCUT2D eigenvalue weighted by Gasteiger charge is 2.37. The van der Waals surface area contributed by atoms with Crippen LogP contribution in [0, 0.1) is 6.92 Å². The van der Waals surface area contributed by atoms with Crippen molar-refractivity contribution in [3.8, 4) is 0 Å². The Hall–Kier alpha value is -1.36. The lowest BCUT2D eigenvalue weighted by molar-refractivity contribution is -0.144. The van der Waals surface area contributed by atoms with Crippen molar-refractivity contribution in [3.05, 3.63) is 18.2 Å². The van der Waals surface area contributed by atoms with Crippen LogP contribution in [0.4, 0.5) is 0 Å². The number of rotatable bonds is 8. The van der Waals surface area contributed by atoms with Crippen molar-refractivity contribution in [2.24, 2.45) is 0 Å². The standard InChI is InChI=1S/C14H23N3O2/c1-11-15-8-10-17(11)9-4-3-7-14(2,13(18)19)16-12-5-6-12/h8,10,12,16H,3-7,9H2,1-2H3,(H,18,19). The Kier molecular flexibility index (Phi) is 4.24. The Morgan fingerprint density at radius 2 is 2.32 bits per heavy atom. The van der Waals surface area contributed by atoms with Crippen molar-refractivity contribution in [1.29, 1.82) is 0 Å². The van der Waals surface area contributed by atoms with E-state index in [1.807, 2.05) is 13.1 Å². The van der Waals surface area contributed by atoms with E-state index in [4.69, 9.17) is 0 Å². The molecule has 1 aromatic rings. The number of carboxylic acid groups (broad SMARTS) is 1.